The van der Waals surface area contributed by atoms with Gasteiger partial charge in [0.05, 0.1) is 6.10 Å². The summed E-state index contributed by atoms with van der Waals surface area (Å²) in [5.74, 6) is -2.98. The number of aliphatic carboxylic acids is 1. The Morgan fingerprint density at radius 1 is 1.00 bits per heavy atom. The van der Waals surface area contributed by atoms with E-state index in [1.807, 2.05) is 53.8 Å². The van der Waals surface area contributed by atoms with Crippen LogP contribution in [0.3, 0.4) is 0 Å². The lowest BCUT2D eigenvalue weighted by Gasteiger charge is -2.23. The van der Waals surface area contributed by atoms with Crippen LogP contribution >= 0.6 is 0 Å². The van der Waals surface area contributed by atoms with E-state index in [0.29, 0.717) is 0 Å². The number of carboxylic acids is 1. The standard InChI is InChI=1S/C23H24F2N2O6/c1-12(28)20(22(30)31)27-21(29)18(10-19(24)25)26-23(32)33-11-17-15-8-4-2-6-13(15)14-7-3-5-9-16(14)17/h2-9,12,17-20,28H,10-11H2,1H3,(H,26,32)(H,27,29)(H,30,31)/t12-,18?,20+/m1/s1. The summed E-state index contributed by atoms with van der Waals surface area (Å²) in [5, 5.41) is 22.6. The van der Waals surface area contributed by atoms with E-state index in [1.54, 1.807) is 0 Å². The second-order valence-electron chi connectivity index (χ2n) is 7.71. The fourth-order valence-corrected chi connectivity index (χ4v) is 3.83. The van der Waals surface area contributed by atoms with Gasteiger partial charge in [0.2, 0.25) is 12.3 Å². The van der Waals surface area contributed by atoms with Gasteiger partial charge in [-0.05, 0) is 29.2 Å². The van der Waals surface area contributed by atoms with Crippen molar-refractivity contribution >= 4 is 18.0 Å². The molecule has 2 aromatic rings. The average molecular weight is 462 g/mol. The number of rotatable bonds is 9. The molecule has 10 heteroatoms. The fraction of sp³-hybridized carbons (Fsp3) is 0.348. The maximum absolute atomic E-state index is 13.0. The van der Waals surface area contributed by atoms with E-state index in [9.17, 15) is 28.3 Å². The molecule has 1 aliphatic rings. The van der Waals surface area contributed by atoms with E-state index < -0.39 is 49.0 Å². The van der Waals surface area contributed by atoms with E-state index in [2.05, 4.69) is 5.32 Å². The van der Waals surface area contributed by atoms with Gasteiger partial charge in [0.15, 0.2) is 6.04 Å². The van der Waals surface area contributed by atoms with Crippen molar-refractivity contribution in [3.05, 3.63) is 59.7 Å². The van der Waals surface area contributed by atoms with E-state index >= 15 is 0 Å². The minimum absolute atomic E-state index is 0.0890. The Bertz CT molecular complexity index is 984. The van der Waals surface area contributed by atoms with Crippen LogP contribution in [0.4, 0.5) is 13.6 Å². The molecule has 0 fully saturated rings. The highest BCUT2D eigenvalue weighted by Crippen LogP contribution is 2.44. The summed E-state index contributed by atoms with van der Waals surface area (Å²) in [6, 6.07) is 11.8. The highest BCUT2D eigenvalue weighted by Gasteiger charge is 2.33. The monoisotopic (exact) mass is 462 g/mol. The maximum Gasteiger partial charge on any atom is 0.407 e. The van der Waals surface area contributed by atoms with Gasteiger partial charge in [0, 0.05) is 12.3 Å². The Labute approximate surface area is 188 Å². The van der Waals surface area contributed by atoms with Gasteiger partial charge in [0.25, 0.3) is 0 Å². The number of alkyl halides is 2. The van der Waals surface area contributed by atoms with Gasteiger partial charge in [-0.2, -0.15) is 0 Å². The lowest BCUT2D eigenvalue weighted by atomic mass is 9.98. The molecule has 2 amide bonds. The third-order valence-electron chi connectivity index (χ3n) is 5.41. The van der Waals surface area contributed by atoms with E-state index in [1.165, 1.54) is 0 Å². The number of aliphatic hydroxyl groups excluding tert-OH is 1. The normalized spacial score (nSPS) is 15.2. The van der Waals surface area contributed by atoms with Crippen LogP contribution in [-0.2, 0) is 14.3 Å². The molecule has 0 saturated heterocycles. The molecule has 0 aromatic heterocycles. The predicted molar refractivity (Wildman–Crippen MR) is 114 cm³/mol. The van der Waals surface area contributed by atoms with Gasteiger partial charge < -0.3 is 25.6 Å². The molecule has 0 heterocycles. The lowest BCUT2D eigenvalue weighted by Crippen LogP contribution is -2.55. The summed E-state index contributed by atoms with van der Waals surface area (Å²) in [6.45, 7) is 1.04. The first-order valence-electron chi connectivity index (χ1n) is 10.3. The number of amides is 2. The molecule has 0 spiro atoms. The molecule has 3 rings (SSSR count). The third-order valence-corrected chi connectivity index (χ3v) is 5.41. The van der Waals surface area contributed by atoms with E-state index in [-0.39, 0.29) is 12.5 Å². The Morgan fingerprint density at radius 3 is 2.03 bits per heavy atom. The van der Waals surface area contributed by atoms with E-state index in [0.717, 1.165) is 29.2 Å². The lowest BCUT2D eigenvalue weighted by molar-refractivity contribution is -0.145. The van der Waals surface area contributed by atoms with Crippen molar-refractivity contribution in [2.24, 2.45) is 0 Å². The molecule has 0 radical (unpaired) electrons. The second-order valence-corrected chi connectivity index (χ2v) is 7.71. The molecule has 3 atom stereocenters. The number of carbonyl (C=O) groups is 3. The topological polar surface area (TPSA) is 125 Å². The van der Waals surface area contributed by atoms with Gasteiger partial charge in [0.1, 0.15) is 12.6 Å². The summed E-state index contributed by atoms with van der Waals surface area (Å²) in [6.07, 6.45) is -6.58. The summed E-state index contributed by atoms with van der Waals surface area (Å²) < 4.78 is 31.2. The van der Waals surface area contributed by atoms with Crippen molar-refractivity contribution in [3.63, 3.8) is 0 Å². The molecule has 33 heavy (non-hydrogen) atoms. The quantitative estimate of drug-likeness (QED) is 0.454. The van der Waals surface area contributed by atoms with Gasteiger partial charge in [-0.3, -0.25) is 4.79 Å². The molecule has 0 bridgehead atoms. The number of ether oxygens (including phenoxy) is 1. The molecule has 0 saturated carbocycles. The summed E-state index contributed by atoms with van der Waals surface area (Å²) in [5.41, 5.74) is 3.93. The van der Waals surface area contributed by atoms with Crippen LogP contribution in [0.5, 0.6) is 0 Å². The van der Waals surface area contributed by atoms with Crippen molar-refractivity contribution in [1.82, 2.24) is 10.6 Å². The number of hydrogen-bond acceptors (Lipinski definition) is 5. The van der Waals surface area contributed by atoms with Gasteiger partial charge in [-0.25, -0.2) is 18.4 Å². The zero-order valence-corrected chi connectivity index (χ0v) is 17.7. The van der Waals surface area contributed by atoms with Gasteiger partial charge >= 0.3 is 12.1 Å². The summed E-state index contributed by atoms with van der Waals surface area (Å²) in [4.78, 5) is 35.8. The predicted octanol–water partition coefficient (Wildman–Crippen LogP) is 2.50. The number of benzene rings is 2. The number of carboxylic acid groups (broad SMARTS) is 1. The van der Waals surface area contributed by atoms with Crippen LogP contribution in [0.15, 0.2) is 48.5 Å². The van der Waals surface area contributed by atoms with Gasteiger partial charge in [-0.1, -0.05) is 48.5 Å². The van der Waals surface area contributed by atoms with Crippen LogP contribution in [0.2, 0.25) is 0 Å². The smallest absolute Gasteiger partial charge is 0.407 e. The number of carbonyl (C=O) groups excluding carboxylic acids is 2. The maximum atomic E-state index is 13.0. The Hall–Kier alpha value is -3.53. The largest absolute Gasteiger partial charge is 0.480 e. The van der Waals surface area contributed by atoms with Gasteiger partial charge in [-0.15, -0.1) is 0 Å². The first-order valence-corrected chi connectivity index (χ1v) is 10.3. The molecule has 176 valence electrons. The molecule has 0 aliphatic heterocycles. The van der Waals surface area contributed by atoms with E-state index in [4.69, 9.17) is 9.84 Å². The summed E-state index contributed by atoms with van der Waals surface area (Å²) >= 11 is 0. The number of alkyl carbamates (subject to hydrolysis) is 1. The Morgan fingerprint density at radius 2 is 1.55 bits per heavy atom. The van der Waals surface area contributed by atoms with Crippen molar-refractivity contribution in [1.29, 1.82) is 0 Å². The fourth-order valence-electron chi connectivity index (χ4n) is 3.83. The van der Waals surface area contributed by atoms with Crippen LogP contribution in [-0.4, -0.2) is 59.4 Å². The van der Waals surface area contributed by atoms with Crippen LogP contribution in [0.25, 0.3) is 11.1 Å². The number of fused-ring (bicyclic) bond motifs is 3. The average Bonchev–Trinajstić information content (AvgIpc) is 3.08. The number of hydrogen-bond donors (Lipinski definition) is 4. The SMILES string of the molecule is C[C@@H](O)[C@H](NC(=O)C(CC(F)F)NC(=O)OCC1c2ccccc2-c2ccccc21)C(=O)O. The zero-order valence-electron chi connectivity index (χ0n) is 17.7. The van der Waals surface area contributed by atoms with Crippen LogP contribution < -0.4 is 10.6 Å². The minimum Gasteiger partial charge on any atom is -0.480 e. The number of nitrogens with one attached hydrogen (secondary N) is 2. The summed E-state index contributed by atoms with van der Waals surface area (Å²) in [7, 11) is 0. The third kappa shape index (κ3) is 5.64. The Kier molecular flexibility index (Phi) is 7.59. The second kappa shape index (κ2) is 10.4. The van der Waals surface area contributed by atoms with Crippen molar-refractivity contribution in [2.75, 3.05) is 6.61 Å². The molecular weight excluding hydrogens is 438 g/mol. The first-order chi connectivity index (χ1) is 15.7. The van der Waals surface area contributed by atoms with Crippen molar-refractivity contribution in [2.45, 2.75) is 43.9 Å². The molecule has 4 N–H and O–H groups in total. The van der Waals surface area contributed by atoms with Crippen LogP contribution in [0.1, 0.15) is 30.4 Å². The Balaban J connectivity index is 1.67. The highest BCUT2D eigenvalue weighted by molar-refractivity contribution is 5.89. The molecular formula is C23H24F2N2O6. The van der Waals surface area contributed by atoms with Crippen molar-refractivity contribution in [3.8, 4) is 11.1 Å². The van der Waals surface area contributed by atoms with Crippen LogP contribution in [0, 0.1) is 0 Å². The van der Waals surface area contributed by atoms with Crippen molar-refractivity contribution < 1.29 is 38.1 Å². The molecule has 8 nitrogen and oxygen atoms in total. The number of halogens is 2. The minimum atomic E-state index is -2.95. The first kappa shape index (κ1) is 24.1. The molecule has 1 aliphatic carbocycles. The molecule has 2 aromatic carbocycles. The highest BCUT2D eigenvalue weighted by atomic mass is 19.3. The number of aliphatic hydroxyl groups is 1. The molecule has 1 unspecified atom stereocenters. The zero-order chi connectivity index (χ0) is 24.1.